The fourth-order valence-electron chi connectivity index (χ4n) is 2.20. The molecule has 0 radical (unpaired) electrons. The molecule has 0 fully saturated rings. The molecular weight excluding hydrogens is 355 g/mol. The molecule has 0 saturated carbocycles. The van der Waals surface area contributed by atoms with E-state index in [1.165, 1.54) is 6.07 Å². The minimum atomic E-state index is -0.382. The Kier molecular flexibility index (Phi) is 5.75. The average Bonchev–Trinajstić information content (AvgIpc) is 3.12. The quantitative estimate of drug-likeness (QED) is 0.638. The fourth-order valence-corrected chi connectivity index (χ4v) is 2.38. The van der Waals surface area contributed by atoms with Gasteiger partial charge >= 0.3 is 0 Å². The van der Waals surface area contributed by atoms with Gasteiger partial charge in [-0.15, -0.1) is 0 Å². The summed E-state index contributed by atoms with van der Waals surface area (Å²) in [7, 11) is 0. The standard InChI is InChI=1S/C18H17FN4O2S/c1-2-24-13-9-7-12(8-10-13)17-22-16(25-23-17)11-20-18(26)21-15-6-4-3-5-14(15)19/h3-10H,2,11H2,1H3,(H2,20,21,26). The van der Waals surface area contributed by atoms with Crippen molar-refractivity contribution < 1.29 is 13.7 Å². The van der Waals surface area contributed by atoms with Crippen LogP contribution in [0.1, 0.15) is 12.8 Å². The van der Waals surface area contributed by atoms with Crippen molar-refractivity contribution in [3.8, 4) is 17.1 Å². The molecule has 0 aliphatic rings. The first-order valence-corrected chi connectivity index (χ1v) is 8.41. The second-order valence-corrected chi connectivity index (χ2v) is 5.66. The summed E-state index contributed by atoms with van der Waals surface area (Å²) in [4.78, 5) is 4.31. The second kappa shape index (κ2) is 8.39. The number of benzene rings is 2. The van der Waals surface area contributed by atoms with Gasteiger partial charge in [0.2, 0.25) is 11.7 Å². The highest BCUT2D eigenvalue weighted by Crippen LogP contribution is 2.20. The summed E-state index contributed by atoms with van der Waals surface area (Å²) in [6.07, 6.45) is 0. The van der Waals surface area contributed by atoms with Crippen molar-refractivity contribution in [3.63, 3.8) is 0 Å². The molecule has 3 aromatic rings. The summed E-state index contributed by atoms with van der Waals surface area (Å²) in [5.41, 5.74) is 1.11. The summed E-state index contributed by atoms with van der Waals surface area (Å²) in [6.45, 7) is 2.76. The maximum Gasteiger partial charge on any atom is 0.246 e. The molecule has 0 unspecified atom stereocenters. The van der Waals surface area contributed by atoms with Crippen molar-refractivity contribution in [3.05, 3.63) is 60.2 Å². The zero-order chi connectivity index (χ0) is 18.4. The number of halogens is 1. The van der Waals surface area contributed by atoms with E-state index in [0.29, 0.717) is 24.0 Å². The molecule has 0 aliphatic heterocycles. The number of hydrogen-bond donors (Lipinski definition) is 2. The van der Waals surface area contributed by atoms with Crippen LogP contribution < -0.4 is 15.4 Å². The van der Waals surface area contributed by atoms with Crippen molar-refractivity contribution in [2.75, 3.05) is 11.9 Å². The molecular formula is C18H17FN4O2S. The van der Waals surface area contributed by atoms with E-state index >= 15 is 0 Å². The summed E-state index contributed by atoms with van der Waals surface area (Å²) < 4.78 is 24.2. The molecule has 2 N–H and O–H groups in total. The van der Waals surface area contributed by atoms with Crippen LogP contribution in [0.25, 0.3) is 11.4 Å². The van der Waals surface area contributed by atoms with Gasteiger partial charge in [0.15, 0.2) is 5.11 Å². The number of anilines is 1. The SMILES string of the molecule is CCOc1ccc(-c2noc(CNC(=S)Nc3ccccc3F)n2)cc1. The highest BCUT2D eigenvalue weighted by Gasteiger charge is 2.10. The van der Waals surface area contributed by atoms with Gasteiger partial charge in [-0.3, -0.25) is 0 Å². The topological polar surface area (TPSA) is 72.2 Å². The van der Waals surface area contributed by atoms with Gasteiger partial charge in [0.05, 0.1) is 18.8 Å². The van der Waals surface area contributed by atoms with Crippen molar-refractivity contribution in [2.45, 2.75) is 13.5 Å². The molecule has 1 aromatic heterocycles. The first kappa shape index (κ1) is 17.8. The van der Waals surface area contributed by atoms with E-state index in [9.17, 15) is 4.39 Å². The van der Waals surface area contributed by atoms with E-state index in [2.05, 4.69) is 20.8 Å². The molecule has 3 rings (SSSR count). The summed E-state index contributed by atoms with van der Waals surface area (Å²) in [5, 5.41) is 9.89. The highest BCUT2D eigenvalue weighted by atomic mass is 32.1. The van der Waals surface area contributed by atoms with Gasteiger partial charge < -0.3 is 19.9 Å². The van der Waals surface area contributed by atoms with Crippen LogP contribution in [0, 0.1) is 5.82 Å². The van der Waals surface area contributed by atoms with Crippen LogP contribution in [0.4, 0.5) is 10.1 Å². The number of aromatic nitrogens is 2. The summed E-state index contributed by atoms with van der Waals surface area (Å²) >= 11 is 5.14. The molecule has 0 amide bonds. The van der Waals surface area contributed by atoms with Crippen LogP contribution >= 0.6 is 12.2 Å². The highest BCUT2D eigenvalue weighted by molar-refractivity contribution is 7.80. The Morgan fingerprint density at radius 2 is 1.96 bits per heavy atom. The van der Waals surface area contributed by atoms with E-state index < -0.39 is 0 Å². The predicted molar refractivity (Wildman–Crippen MR) is 100 cm³/mol. The molecule has 6 nitrogen and oxygen atoms in total. The molecule has 0 aliphatic carbocycles. The normalized spacial score (nSPS) is 10.4. The van der Waals surface area contributed by atoms with Crippen LogP contribution in [0.3, 0.4) is 0 Å². The number of ether oxygens (including phenoxy) is 1. The lowest BCUT2D eigenvalue weighted by Gasteiger charge is -2.09. The number of thiocarbonyl (C=S) groups is 1. The lowest BCUT2D eigenvalue weighted by atomic mass is 10.2. The van der Waals surface area contributed by atoms with E-state index in [4.69, 9.17) is 21.5 Å². The van der Waals surface area contributed by atoms with Crippen LogP contribution in [0.5, 0.6) is 5.75 Å². The van der Waals surface area contributed by atoms with Crippen LogP contribution in [0.2, 0.25) is 0 Å². The number of rotatable bonds is 6. The molecule has 0 saturated heterocycles. The minimum Gasteiger partial charge on any atom is -0.494 e. The lowest BCUT2D eigenvalue weighted by Crippen LogP contribution is -2.28. The number of nitrogens with one attached hydrogen (secondary N) is 2. The van der Waals surface area contributed by atoms with Gasteiger partial charge in [-0.2, -0.15) is 4.98 Å². The molecule has 0 bridgehead atoms. The Labute approximate surface area is 155 Å². The lowest BCUT2D eigenvalue weighted by molar-refractivity contribution is 0.340. The zero-order valence-electron chi connectivity index (χ0n) is 14.0. The third kappa shape index (κ3) is 4.54. The first-order valence-electron chi connectivity index (χ1n) is 8.01. The summed E-state index contributed by atoms with van der Waals surface area (Å²) in [5.74, 6) is 1.24. The molecule has 134 valence electrons. The summed E-state index contributed by atoms with van der Waals surface area (Å²) in [6, 6.07) is 13.7. The van der Waals surface area contributed by atoms with Gasteiger partial charge in [0.1, 0.15) is 11.6 Å². The first-order chi connectivity index (χ1) is 12.7. The number of para-hydroxylation sites is 1. The largest absolute Gasteiger partial charge is 0.494 e. The number of hydrogen-bond acceptors (Lipinski definition) is 5. The Bertz CT molecular complexity index is 883. The van der Waals surface area contributed by atoms with E-state index in [-0.39, 0.29) is 17.5 Å². The van der Waals surface area contributed by atoms with Gasteiger partial charge in [-0.25, -0.2) is 4.39 Å². The average molecular weight is 372 g/mol. The van der Waals surface area contributed by atoms with Gasteiger partial charge in [0.25, 0.3) is 0 Å². The van der Waals surface area contributed by atoms with Gasteiger partial charge in [-0.05, 0) is 55.5 Å². The third-order valence-corrected chi connectivity index (χ3v) is 3.66. The molecule has 0 atom stereocenters. The Hall–Kier alpha value is -3.00. The number of nitrogens with zero attached hydrogens (tertiary/aromatic N) is 2. The van der Waals surface area contributed by atoms with E-state index in [1.807, 2.05) is 31.2 Å². The van der Waals surface area contributed by atoms with Crippen LogP contribution in [0.15, 0.2) is 53.1 Å². The van der Waals surface area contributed by atoms with Crippen LogP contribution in [-0.4, -0.2) is 21.9 Å². The fraction of sp³-hybridized carbons (Fsp3) is 0.167. The smallest absolute Gasteiger partial charge is 0.246 e. The third-order valence-electron chi connectivity index (χ3n) is 3.41. The molecule has 26 heavy (non-hydrogen) atoms. The molecule has 8 heteroatoms. The maximum atomic E-state index is 13.6. The Morgan fingerprint density at radius 3 is 2.69 bits per heavy atom. The second-order valence-electron chi connectivity index (χ2n) is 5.26. The molecule has 2 aromatic carbocycles. The van der Waals surface area contributed by atoms with Gasteiger partial charge in [-0.1, -0.05) is 17.3 Å². The van der Waals surface area contributed by atoms with Crippen molar-refractivity contribution in [1.29, 1.82) is 0 Å². The maximum absolute atomic E-state index is 13.6. The molecule has 1 heterocycles. The Morgan fingerprint density at radius 1 is 1.19 bits per heavy atom. The predicted octanol–water partition coefficient (Wildman–Crippen LogP) is 3.76. The van der Waals surface area contributed by atoms with Crippen molar-refractivity contribution in [2.24, 2.45) is 0 Å². The van der Waals surface area contributed by atoms with Crippen molar-refractivity contribution >= 4 is 23.0 Å². The van der Waals surface area contributed by atoms with Crippen LogP contribution in [-0.2, 0) is 6.54 Å². The van der Waals surface area contributed by atoms with E-state index in [1.54, 1.807) is 18.2 Å². The van der Waals surface area contributed by atoms with Crippen molar-refractivity contribution in [1.82, 2.24) is 15.5 Å². The van der Waals surface area contributed by atoms with Gasteiger partial charge in [0, 0.05) is 5.56 Å². The Balaban J connectivity index is 1.56. The molecule has 0 spiro atoms. The van der Waals surface area contributed by atoms with E-state index in [0.717, 1.165) is 11.3 Å². The zero-order valence-corrected chi connectivity index (χ0v) is 14.8. The monoisotopic (exact) mass is 372 g/mol. The minimum absolute atomic E-state index is 0.227.